The second kappa shape index (κ2) is 12.1. The van der Waals surface area contributed by atoms with Gasteiger partial charge in [0.2, 0.25) is 0 Å². The summed E-state index contributed by atoms with van der Waals surface area (Å²) in [5.41, 5.74) is 2.81. The lowest BCUT2D eigenvalue weighted by atomic mass is 9.86. The molecule has 0 unspecified atom stereocenters. The molecule has 200 valence electrons. The Morgan fingerprint density at radius 3 is 2.13 bits per heavy atom. The molecule has 0 spiro atoms. The number of hydrogen-bond donors (Lipinski definition) is 0. The monoisotopic (exact) mass is 583 g/mol. The van der Waals surface area contributed by atoms with Crippen LogP contribution in [0.3, 0.4) is 0 Å². The van der Waals surface area contributed by atoms with Crippen LogP contribution < -0.4 is 0 Å². The molecule has 3 aromatic carbocycles. The van der Waals surface area contributed by atoms with Gasteiger partial charge >= 0.3 is 5.97 Å². The number of carbonyl (C=O) groups is 1. The smallest absolute Gasteiger partial charge is 0.312 e. The molecular weight excluding hydrogens is 552 g/mol. The molecule has 0 N–H and O–H groups in total. The zero-order valence-electron chi connectivity index (χ0n) is 21.4. The van der Waals surface area contributed by atoms with E-state index in [2.05, 4.69) is 45.1 Å². The molecule has 5 rings (SSSR count). The quantitative estimate of drug-likeness (QED) is 0.258. The first-order valence-corrected chi connectivity index (χ1v) is 14.0. The van der Waals surface area contributed by atoms with Gasteiger partial charge in [0.15, 0.2) is 0 Å². The Kier molecular flexibility index (Phi) is 8.56. The standard InChI is InChI=1S/C31H32BrF2NO3/c1-37-31(36)29-27-17-16-26(35(27)18-2-3-20-4-10-23(32)11-5-20)19-28(29)38-30(21-6-12-24(33)13-7-21)22-8-14-25(34)15-9-22/h4-15,26-30H,2-3,16-19H2,1H3/t26-,27+,28+,29+/m1/s1. The van der Waals surface area contributed by atoms with E-state index < -0.39 is 12.0 Å². The van der Waals surface area contributed by atoms with Crippen molar-refractivity contribution >= 4 is 21.9 Å². The van der Waals surface area contributed by atoms with Crippen molar-refractivity contribution in [1.82, 2.24) is 4.90 Å². The average Bonchev–Trinajstić information content (AvgIpc) is 3.20. The van der Waals surface area contributed by atoms with Crippen molar-refractivity contribution in [3.8, 4) is 0 Å². The molecule has 2 heterocycles. The summed E-state index contributed by atoms with van der Waals surface area (Å²) in [5, 5.41) is 0. The van der Waals surface area contributed by atoms with Crippen molar-refractivity contribution < 1.29 is 23.0 Å². The Morgan fingerprint density at radius 2 is 1.55 bits per heavy atom. The summed E-state index contributed by atoms with van der Waals surface area (Å²) in [6.07, 6.45) is 3.67. The Balaban J connectivity index is 1.35. The fourth-order valence-corrected chi connectivity index (χ4v) is 6.38. The molecule has 2 saturated heterocycles. The van der Waals surface area contributed by atoms with Crippen LogP contribution in [0.25, 0.3) is 0 Å². The van der Waals surface area contributed by atoms with Crippen LogP contribution >= 0.6 is 15.9 Å². The van der Waals surface area contributed by atoms with Crippen LogP contribution in [0.15, 0.2) is 77.3 Å². The van der Waals surface area contributed by atoms with Crippen LogP contribution in [-0.4, -0.2) is 42.7 Å². The van der Waals surface area contributed by atoms with Gasteiger partial charge in [0.25, 0.3) is 0 Å². The summed E-state index contributed by atoms with van der Waals surface area (Å²) in [6, 6.07) is 21.1. The lowest BCUT2D eigenvalue weighted by Crippen LogP contribution is -2.55. The molecule has 38 heavy (non-hydrogen) atoms. The molecule has 0 amide bonds. The van der Waals surface area contributed by atoms with E-state index in [4.69, 9.17) is 9.47 Å². The first kappa shape index (κ1) is 27.0. The maximum absolute atomic E-state index is 13.7. The van der Waals surface area contributed by atoms with Gasteiger partial charge in [-0.25, -0.2) is 8.78 Å². The molecule has 7 heteroatoms. The SMILES string of the molecule is COC(=O)[C@@H]1[C@@H](OC(c2ccc(F)cc2)c2ccc(F)cc2)C[C@H]2CC[C@@H]1N2CCCc1ccc(Br)cc1. The summed E-state index contributed by atoms with van der Waals surface area (Å²) < 4.78 is 40.5. The number of halogens is 3. The molecule has 3 aromatic rings. The van der Waals surface area contributed by atoms with Crippen molar-refractivity contribution in [3.63, 3.8) is 0 Å². The Bertz CT molecular complexity index is 1170. The molecule has 0 aliphatic carbocycles. The van der Waals surface area contributed by atoms with Gasteiger partial charge in [0.05, 0.1) is 19.1 Å². The summed E-state index contributed by atoms with van der Waals surface area (Å²) in [4.78, 5) is 15.6. The second-order valence-corrected chi connectivity index (χ2v) is 11.1. The van der Waals surface area contributed by atoms with Crippen LogP contribution in [-0.2, 0) is 20.7 Å². The Hall–Kier alpha value is -2.61. The van der Waals surface area contributed by atoms with Gasteiger partial charge < -0.3 is 9.47 Å². The lowest BCUT2D eigenvalue weighted by Gasteiger charge is -2.44. The first-order valence-electron chi connectivity index (χ1n) is 13.2. The van der Waals surface area contributed by atoms with Crippen molar-refractivity contribution in [1.29, 1.82) is 0 Å². The third-order valence-electron chi connectivity index (χ3n) is 7.93. The van der Waals surface area contributed by atoms with Crippen LogP contribution in [0.2, 0.25) is 0 Å². The second-order valence-electron chi connectivity index (χ2n) is 10.2. The summed E-state index contributed by atoms with van der Waals surface area (Å²) >= 11 is 3.49. The van der Waals surface area contributed by atoms with E-state index in [-0.39, 0.29) is 29.7 Å². The normalized spacial score (nSPS) is 23.1. The van der Waals surface area contributed by atoms with E-state index in [0.29, 0.717) is 12.5 Å². The zero-order valence-corrected chi connectivity index (χ0v) is 22.9. The predicted octanol–water partition coefficient (Wildman–Crippen LogP) is 6.86. The van der Waals surface area contributed by atoms with Gasteiger partial charge in [0, 0.05) is 16.6 Å². The van der Waals surface area contributed by atoms with E-state index >= 15 is 0 Å². The number of rotatable bonds is 9. The summed E-state index contributed by atoms with van der Waals surface area (Å²) in [6.45, 7) is 0.908. The zero-order chi connectivity index (χ0) is 26.6. The number of aryl methyl sites for hydroxylation is 1. The number of benzene rings is 3. The van der Waals surface area contributed by atoms with Gasteiger partial charge in [-0.2, -0.15) is 0 Å². The number of hydrogen-bond acceptors (Lipinski definition) is 4. The van der Waals surface area contributed by atoms with Gasteiger partial charge in [-0.1, -0.05) is 52.3 Å². The van der Waals surface area contributed by atoms with E-state index in [1.807, 2.05) is 0 Å². The number of piperidine rings is 1. The highest BCUT2D eigenvalue weighted by Gasteiger charge is 2.51. The van der Waals surface area contributed by atoms with Crippen molar-refractivity contribution in [2.45, 2.75) is 56.4 Å². The molecular formula is C31H32BrF2NO3. The molecule has 4 atom stereocenters. The van der Waals surface area contributed by atoms with Crippen LogP contribution in [0.1, 0.15) is 48.5 Å². The summed E-state index contributed by atoms with van der Waals surface area (Å²) in [5.74, 6) is -1.38. The topological polar surface area (TPSA) is 38.8 Å². The molecule has 4 nitrogen and oxygen atoms in total. The maximum atomic E-state index is 13.7. The third kappa shape index (κ3) is 6.00. The number of esters is 1. The molecule has 2 aliphatic heterocycles. The minimum absolute atomic E-state index is 0.0400. The third-order valence-corrected chi connectivity index (χ3v) is 8.46. The highest BCUT2D eigenvalue weighted by atomic mass is 79.9. The maximum Gasteiger partial charge on any atom is 0.312 e. The fourth-order valence-electron chi connectivity index (χ4n) is 6.12. The van der Waals surface area contributed by atoms with E-state index in [9.17, 15) is 13.6 Å². The first-order chi connectivity index (χ1) is 18.4. The number of ether oxygens (including phenoxy) is 2. The largest absolute Gasteiger partial charge is 0.469 e. The molecule has 2 aliphatic rings. The minimum Gasteiger partial charge on any atom is -0.469 e. The predicted molar refractivity (Wildman–Crippen MR) is 146 cm³/mol. The van der Waals surface area contributed by atoms with Gasteiger partial charge in [0.1, 0.15) is 17.7 Å². The lowest BCUT2D eigenvalue weighted by molar-refractivity contribution is -0.163. The minimum atomic E-state index is -0.559. The highest BCUT2D eigenvalue weighted by molar-refractivity contribution is 9.10. The number of methoxy groups -OCH3 is 1. The van der Waals surface area contributed by atoms with Gasteiger partial charge in [-0.3, -0.25) is 9.69 Å². The van der Waals surface area contributed by atoms with E-state index in [1.54, 1.807) is 24.3 Å². The Labute approximate surface area is 231 Å². The molecule has 0 radical (unpaired) electrons. The van der Waals surface area contributed by atoms with Crippen LogP contribution in [0.4, 0.5) is 8.78 Å². The van der Waals surface area contributed by atoms with Gasteiger partial charge in [-0.05, 0) is 91.7 Å². The summed E-state index contributed by atoms with van der Waals surface area (Å²) in [7, 11) is 1.43. The molecule has 2 fully saturated rings. The van der Waals surface area contributed by atoms with E-state index in [1.165, 1.54) is 36.9 Å². The number of nitrogens with zero attached hydrogens (tertiary/aromatic N) is 1. The fraction of sp³-hybridized carbons (Fsp3) is 0.387. The molecule has 0 saturated carbocycles. The number of fused-ring (bicyclic) bond motifs is 2. The van der Waals surface area contributed by atoms with Crippen LogP contribution in [0.5, 0.6) is 0 Å². The highest BCUT2D eigenvalue weighted by Crippen LogP contribution is 2.43. The van der Waals surface area contributed by atoms with Crippen molar-refractivity contribution in [2.75, 3.05) is 13.7 Å². The average molecular weight is 585 g/mol. The van der Waals surface area contributed by atoms with E-state index in [0.717, 1.165) is 47.8 Å². The van der Waals surface area contributed by atoms with Crippen LogP contribution in [0, 0.1) is 17.6 Å². The number of carbonyl (C=O) groups excluding carboxylic acids is 1. The van der Waals surface area contributed by atoms with Crippen molar-refractivity contribution in [2.24, 2.45) is 5.92 Å². The molecule has 2 bridgehead atoms. The van der Waals surface area contributed by atoms with Gasteiger partial charge in [-0.15, -0.1) is 0 Å². The molecule has 0 aromatic heterocycles. The Morgan fingerprint density at radius 1 is 0.947 bits per heavy atom. The van der Waals surface area contributed by atoms with Crippen molar-refractivity contribution in [3.05, 3.63) is 106 Å².